The van der Waals surface area contributed by atoms with Gasteiger partial charge in [0.2, 0.25) is 5.91 Å². The Balaban J connectivity index is 1.92. The van der Waals surface area contributed by atoms with E-state index in [1.807, 2.05) is 0 Å². The normalized spacial score (nSPS) is 35.4. The van der Waals surface area contributed by atoms with Crippen molar-refractivity contribution >= 4 is 15.7 Å². The minimum atomic E-state index is -3.02. The van der Waals surface area contributed by atoms with Crippen molar-refractivity contribution in [2.75, 3.05) is 11.5 Å². The van der Waals surface area contributed by atoms with Crippen LogP contribution in [-0.2, 0) is 14.6 Å². The number of rotatable bonds is 2. The second-order valence-electron chi connectivity index (χ2n) is 4.88. The third-order valence-electron chi connectivity index (χ3n) is 3.61. The van der Waals surface area contributed by atoms with Gasteiger partial charge in [-0.1, -0.05) is 0 Å². The molecule has 2 aliphatic rings. The maximum atomic E-state index is 11.9. The summed E-state index contributed by atoms with van der Waals surface area (Å²) in [6.07, 6.45) is 3.01. The van der Waals surface area contributed by atoms with Crippen LogP contribution in [0.4, 0.5) is 0 Å². The van der Waals surface area contributed by atoms with E-state index in [1.54, 1.807) is 0 Å². The lowest BCUT2D eigenvalue weighted by atomic mass is 10.0. The molecule has 1 saturated heterocycles. The standard InChI is InChI=1S/C11H16N2O3S/c12-6-8-2-1-3-10(8)13-11(14)9-4-5-17(15,16)7-9/h8-10H,1-5,7H2,(H,13,14). The molecule has 1 amide bonds. The summed E-state index contributed by atoms with van der Waals surface area (Å²) in [6.45, 7) is 0. The summed E-state index contributed by atoms with van der Waals surface area (Å²) in [5, 5.41) is 11.7. The largest absolute Gasteiger partial charge is 0.352 e. The van der Waals surface area contributed by atoms with Crippen molar-refractivity contribution in [1.82, 2.24) is 5.32 Å². The first-order valence-electron chi connectivity index (χ1n) is 5.92. The molecule has 6 heteroatoms. The monoisotopic (exact) mass is 256 g/mol. The number of amides is 1. The maximum absolute atomic E-state index is 11.9. The quantitative estimate of drug-likeness (QED) is 0.766. The van der Waals surface area contributed by atoms with Crippen LogP contribution >= 0.6 is 0 Å². The molecular weight excluding hydrogens is 240 g/mol. The minimum Gasteiger partial charge on any atom is -0.352 e. The van der Waals surface area contributed by atoms with Crippen molar-refractivity contribution in [3.8, 4) is 6.07 Å². The van der Waals surface area contributed by atoms with Crippen molar-refractivity contribution in [1.29, 1.82) is 5.26 Å². The smallest absolute Gasteiger partial charge is 0.224 e. The molecule has 3 atom stereocenters. The van der Waals surface area contributed by atoms with Crippen LogP contribution in [0.3, 0.4) is 0 Å². The number of nitrogens with zero attached hydrogens (tertiary/aromatic N) is 1. The van der Waals surface area contributed by atoms with Gasteiger partial charge in [-0.2, -0.15) is 5.26 Å². The van der Waals surface area contributed by atoms with Crippen molar-refractivity contribution in [3.63, 3.8) is 0 Å². The third kappa shape index (κ3) is 2.78. The second kappa shape index (κ2) is 4.65. The van der Waals surface area contributed by atoms with E-state index in [9.17, 15) is 13.2 Å². The molecular formula is C11H16N2O3S. The minimum absolute atomic E-state index is 0.0389. The van der Waals surface area contributed by atoms with Crippen molar-refractivity contribution in [3.05, 3.63) is 0 Å². The fraction of sp³-hybridized carbons (Fsp3) is 0.818. The fourth-order valence-electron chi connectivity index (χ4n) is 2.59. The van der Waals surface area contributed by atoms with E-state index >= 15 is 0 Å². The molecule has 1 aliphatic heterocycles. The lowest BCUT2D eigenvalue weighted by Gasteiger charge is -2.17. The molecule has 0 spiro atoms. The number of hydrogen-bond donors (Lipinski definition) is 1. The molecule has 0 bridgehead atoms. The number of hydrogen-bond acceptors (Lipinski definition) is 4. The van der Waals surface area contributed by atoms with Gasteiger partial charge >= 0.3 is 0 Å². The fourth-order valence-corrected chi connectivity index (χ4v) is 4.33. The van der Waals surface area contributed by atoms with Gasteiger partial charge in [-0.3, -0.25) is 4.79 Å². The zero-order chi connectivity index (χ0) is 12.5. The zero-order valence-corrected chi connectivity index (χ0v) is 10.4. The molecule has 0 radical (unpaired) electrons. The molecule has 0 aromatic heterocycles. The maximum Gasteiger partial charge on any atom is 0.224 e. The Morgan fingerprint density at radius 2 is 2.06 bits per heavy atom. The zero-order valence-electron chi connectivity index (χ0n) is 9.55. The van der Waals surface area contributed by atoms with Gasteiger partial charge in [-0.05, 0) is 25.7 Å². The molecule has 2 rings (SSSR count). The average molecular weight is 256 g/mol. The Hall–Kier alpha value is -1.09. The SMILES string of the molecule is N#CC1CCCC1NC(=O)C1CCS(=O)(=O)C1. The summed E-state index contributed by atoms with van der Waals surface area (Å²) in [6, 6.07) is 2.11. The molecule has 1 aliphatic carbocycles. The summed E-state index contributed by atoms with van der Waals surface area (Å²) < 4.78 is 22.5. The highest BCUT2D eigenvalue weighted by molar-refractivity contribution is 7.91. The van der Waals surface area contributed by atoms with E-state index in [0.717, 1.165) is 19.3 Å². The topological polar surface area (TPSA) is 87.0 Å². The Morgan fingerprint density at radius 1 is 1.29 bits per heavy atom. The number of carbonyl (C=O) groups is 1. The molecule has 3 unspecified atom stereocenters. The molecule has 0 aromatic rings. The van der Waals surface area contributed by atoms with Gasteiger partial charge in [0, 0.05) is 6.04 Å². The molecule has 1 heterocycles. The first-order chi connectivity index (χ1) is 8.02. The third-order valence-corrected chi connectivity index (χ3v) is 5.38. The number of sulfone groups is 1. The van der Waals surface area contributed by atoms with Crippen LogP contribution in [0.2, 0.25) is 0 Å². The molecule has 2 fully saturated rings. The van der Waals surface area contributed by atoms with Gasteiger partial charge < -0.3 is 5.32 Å². The highest BCUT2D eigenvalue weighted by atomic mass is 32.2. The summed E-state index contributed by atoms with van der Waals surface area (Å²) in [5.74, 6) is -0.657. The van der Waals surface area contributed by atoms with Crippen LogP contribution in [0.25, 0.3) is 0 Å². The van der Waals surface area contributed by atoms with Crippen molar-refractivity contribution < 1.29 is 13.2 Å². The summed E-state index contributed by atoms with van der Waals surface area (Å²) in [7, 11) is -3.02. The van der Waals surface area contributed by atoms with Gasteiger partial charge in [-0.15, -0.1) is 0 Å². The van der Waals surface area contributed by atoms with E-state index in [0.29, 0.717) is 6.42 Å². The molecule has 1 N–H and O–H groups in total. The van der Waals surface area contributed by atoms with Crippen LogP contribution in [0.1, 0.15) is 25.7 Å². The number of nitrogens with one attached hydrogen (secondary N) is 1. The molecule has 17 heavy (non-hydrogen) atoms. The van der Waals surface area contributed by atoms with Gasteiger partial charge in [-0.25, -0.2) is 8.42 Å². The van der Waals surface area contributed by atoms with Crippen molar-refractivity contribution in [2.45, 2.75) is 31.7 Å². The van der Waals surface area contributed by atoms with Gasteiger partial charge in [0.25, 0.3) is 0 Å². The van der Waals surface area contributed by atoms with Gasteiger partial charge in [0.05, 0.1) is 29.4 Å². The van der Waals surface area contributed by atoms with Crippen molar-refractivity contribution in [2.24, 2.45) is 11.8 Å². The predicted molar refractivity (Wildman–Crippen MR) is 61.6 cm³/mol. The lowest BCUT2D eigenvalue weighted by molar-refractivity contribution is -0.125. The van der Waals surface area contributed by atoms with Crippen LogP contribution in [-0.4, -0.2) is 31.9 Å². The van der Waals surface area contributed by atoms with E-state index in [-0.39, 0.29) is 29.4 Å². The molecule has 94 valence electrons. The first kappa shape index (κ1) is 12.4. The average Bonchev–Trinajstić information content (AvgIpc) is 2.84. The Morgan fingerprint density at radius 3 is 2.65 bits per heavy atom. The highest BCUT2D eigenvalue weighted by Gasteiger charge is 2.36. The van der Waals surface area contributed by atoms with Crippen LogP contribution in [0.5, 0.6) is 0 Å². The first-order valence-corrected chi connectivity index (χ1v) is 7.74. The van der Waals surface area contributed by atoms with Gasteiger partial charge in [0.1, 0.15) is 0 Å². The Labute approximate surface area is 101 Å². The number of carbonyl (C=O) groups excluding carboxylic acids is 1. The molecule has 1 saturated carbocycles. The van der Waals surface area contributed by atoms with Gasteiger partial charge in [0.15, 0.2) is 9.84 Å². The highest BCUT2D eigenvalue weighted by Crippen LogP contribution is 2.26. The predicted octanol–water partition coefficient (Wildman–Crippen LogP) is 0.230. The van der Waals surface area contributed by atoms with Crippen LogP contribution in [0.15, 0.2) is 0 Å². The summed E-state index contributed by atoms with van der Waals surface area (Å²) in [5.41, 5.74) is 0. The summed E-state index contributed by atoms with van der Waals surface area (Å²) >= 11 is 0. The summed E-state index contributed by atoms with van der Waals surface area (Å²) in [4.78, 5) is 11.9. The molecule has 0 aromatic carbocycles. The lowest BCUT2D eigenvalue weighted by Crippen LogP contribution is -2.40. The Bertz CT molecular complexity index is 452. The second-order valence-corrected chi connectivity index (χ2v) is 7.11. The van der Waals surface area contributed by atoms with Crippen LogP contribution < -0.4 is 5.32 Å². The Kier molecular flexibility index (Phi) is 3.38. The van der Waals surface area contributed by atoms with E-state index < -0.39 is 15.8 Å². The van der Waals surface area contributed by atoms with E-state index in [1.165, 1.54) is 0 Å². The van der Waals surface area contributed by atoms with Crippen LogP contribution in [0, 0.1) is 23.2 Å². The number of nitriles is 1. The molecule has 5 nitrogen and oxygen atoms in total. The van der Waals surface area contributed by atoms with E-state index in [2.05, 4.69) is 11.4 Å². The van der Waals surface area contributed by atoms with E-state index in [4.69, 9.17) is 5.26 Å².